The minimum Gasteiger partial charge on any atom is -0.384 e. The lowest BCUT2D eigenvalue weighted by atomic mass is 10.1. The summed E-state index contributed by atoms with van der Waals surface area (Å²) in [5.41, 5.74) is 0.770. The zero-order valence-electron chi connectivity index (χ0n) is 8.99. The molecule has 0 saturated heterocycles. The molecule has 0 aliphatic heterocycles. The van der Waals surface area contributed by atoms with E-state index in [-0.39, 0.29) is 0 Å². The molecule has 0 heterocycles. The van der Waals surface area contributed by atoms with Gasteiger partial charge in [0.05, 0.1) is 6.10 Å². The van der Waals surface area contributed by atoms with Crippen LogP contribution in [0.2, 0.25) is 5.02 Å². The minimum absolute atomic E-state index is 0.587. The summed E-state index contributed by atoms with van der Waals surface area (Å²) in [6, 6.07) is 7.38. The van der Waals surface area contributed by atoms with Crippen molar-refractivity contribution >= 4 is 11.6 Å². The lowest BCUT2D eigenvalue weighted by molar-refractivity contribution is 0.228. The maximum absolute atomic E-state index is 9.83. The first-order valence-electron chi connectivity index (χ1n) is 5.35. The Morgan fingerprint density at radius 2 is 2.13 bits per heavy atom. The van der Waals surface area contributed by atoms with Crippen LogP contribution in [0, 0.1) is 0 Å². The van der Waals surface area contributed by atoms with E-state index in [1.54, 1.807) is 12.1 Å². The van der Waals surface area contributed by atoms with Gasteiger partial charge in [-0.05, 0) is 12.5 Å². The van der Waals surface area contributed by atoms with Gasteiger partial charge in [0.15, 0.2) is 0 Å². The Morgan fingerprint density at radius 1 is 1.40 bits per heavy atom. The van der Waals surface area contributed by atoms with Gasteiger partial charge in [-0.3, -0.25) is 0 Å². The van der Waals surface area contributed by atoms with Crippen molar-refractivity contribution in [3.63, 3.8) is 0 Å². The van der Waals surface area contributed by atoms with Crippen LogP contribution in [0.4, 0.5) is 0 Å². The van der Waals surface area contributed by atoms with Crippen molar-refractivity contribution in [2.45, 2.75) is 32.3 Å². The second-order valence-electron chi connectivity index (χ2n) is 3.54. The first-order chi connectivity index (χ1) is 7.25. The zero-order chi connectivity index (χ0) is 11.1. The molecule has 1 N–H and O–H groups in total. The van der Waals surface area contributed by atoms with Gasteiger partial charge in [-0.2, -0.15) is 0 Å². The molecule has 1 aromatic carbocycles. The summed E-state index contributed by atoms with van der Waals surface area (Å²) in [6.45, 7) is 2.15. The number of unbranched alkanes of at least 4 members (excludes halogenated alkanes) is 2. The number of allylic oxidation sites excluding steroid dienone is 1. The van der Waals surface area contributed by atoms with E-state index in [0.29, 0.717) is 5.02 Å². The van der Waals surface area contributed by atoms with Crippen molar-refractivity contribution in [3.05, 3.63) is 47.0 Å². The number of hydrogen-bond acceptors (Lipinski definition) is 1. The highest BCUT2D eigenvalue weighted by Crippen LogP contribution is 2.23. The fourth-order valence-electron chi connectivity index (χ4n) is 1.37. The van der Waals surface area contributed by atoms with Crippen LogP contribution in [0.25, 0.3) is 0 Å². The summed E-state index contributed by atoms with van der Waals surface area (Å²) in [5, 5.41) is 10.4. The highest BCUT2D eigenvalue weighted by atomic mass is 35.5. The van der Waals surface area contributed by atoms with Crippen LogP contribution < -0.4 is 0 Å². The van der Waals surface area contributed by atoms with Crippen LogP contribution in [0.15, 0.2) is 36.4 Å². The Morgan fingerprint density at radius 3 is 2.80 bits per heavy atom. The molecule has 0 aliphatic rings. The molecule has 82 valence electrons. The number of halogens is 1. The van der Waals surface area contributed by atoms with E-state index >= 15 is 0 Å². The van der Waals surface area contributed by atoms with E-state index in [1.165, 1.54) is 6.42 Å². The molecule has 0 bridgehead atoms. The molecule has 1 rings (SSSR count). The van der Waals surface area contributed by atoms with Crippen molar-refractivity contribution in [3.8, 4) is 0 Å². The summed E-state index contributed by atoms with van der Waals surface area (Å²) >= 11 is 5.97. The molecule has 2 heteroatoms. The number of aliphatic hydroxyl groups excluding tert-OH is 1. The van der Waals surface area contributed by atoms with Crippen molar-refractivity contribution < 1.29 is 5.11 Å². The molecule has 1 aromatic rings. The Balaban J connectivity index is 2.57. The molecule has 0 aromatic heterocycles. The quantitative estimate of drug-likeness (QED) is 0.589. The predicted molar refractivity (Wildman–Crippen MR) is 65.1 cm³/mol. The maximum Gasteiger partial charge on any atom is 0.0986 e. The third kappa shape index (κ3) is 4.06. The van der Waals surface area contributed by atoms with E-state index in [9.17, 15) is 5.11 Å². The molecular formula is C13H17ClO. The van der Waals surface area contributed by atoms with Gasteiger partial charge < -0.3 is 5.11 Å². The first kappa shape index (κ1) is 12.3. The molecule has 0 fully saturated rings. The Kier molecular flexibility index (Phi) is 5.44. The Labute approximate surface area is 96.4 Å². The molecule has 0 radical (unpaired) electrons. The Hall–Kier alpha value is -0.790. The molecule has 0 spiro atoms. The third-order valence-corrected chi connectivity index (χ3v) is 2.61. The van der Waals surface area contributed by atoms with Crippen molar-refractivity contribution in [1.29, 1.82) is 0 Å². The largest absolute Gasteiger partial charge is 0.384 e. The number of aliphatic hydroxyl groups is 1. The number of hydrogen-bond donors (Lipinski definition) is 1. The monoisotopic (exact) mass is 224 g/mol. The fourth-order valence-corrected chi connectivity index (χ4v) is 1.61. The smallest absolute Gasteiger partial charge is 0.0986 e. The van der Waals surface area contributed by atoms with Gasteiger partial charge in [-0.15, -0.1) is 0 Å². The summed E-state index contributed by atoms with van der Waals surface area (Å²) in [5.74, 6) is 0. The topological polar surface area (TPSA) is 20.2 Å². The van der Waals surface area contributed by atoms with Gasteiger partial charge in [0.2, 0.25) is 0 Å². The third-order valence-electron chi connectivity index (χ3n) is 2.27. The summed E-state index contributed by atoms with van der Waals surface area (Å²) in [6.07, 6.45) is 6.57. The SMILES string of the molecule is CCCC/C=C/[C@@H](O)c1ccccc1Cl. The van der Waals surface area contributed by atoms with Crippen LogP contribution >= 0.6 is 11.6 Å². The minimum atomic E-state index is -0.587. The second kappa shape index (κ2) is 6.65. The maximum atomic E-state index is 9.83. The van der Waals surface area contributed by atoms with Crippen molar-refractivity contribution in [1.82, 2.24) is 0 Å². The molecule has 1 nitrogen and oxygen atoms in total. The fraction of sp³-hybridized carbons (Fsp3) is 0.385. The van der Waals surface area contributed by atoms with Crippen LogP contribution in [0.1, 0.15) is 37.9 Å². The Bertz CT molecular complexity index is 320. The molecule has 0 saturated carbocycles. The van der Waals surface area contributed by atoms with Gasteiger partial charge >= 0.3 is 0 Å². The van der Waals surface area contributed by atoms with Crippen molar-refractivity contribution in [2.24, 2.45) is 0 Å². The second-order valence-corrected chi connectivity index (χ2v) is 3.94. The highest BCUT2D eigenvalue weighted by Gasteiger charge is 2.06. The van der Waals surface area contributed by atoms with Gasteiger partial charge in [0.25, 0.3) is 0 Å². The number of rotatable bonds is 5. The highest BCUT2D eigenvalue weighted by molar-refractivity contribution is 6.31. The van der Waals surface area contributed by atoms with Crippen LogP contribution in [-0.2, 0) is 0 Å². The lowest BCUT2D eigenvalue weighted by Crippen LogP contribution is -1.93. The van der Waals surface area contributed by atoms with Gasteiger partial charge in [0.1, 0.15) is 0 Å². The lowest BCUT2D eigenvalue weighted by Gasteiger charge is -2.07. The van der Waals surface area contributed by atoms with E-state index in [1.807, 2.05) is 24.3 Å². The average molecular weight is 225 g/mol. The van der Waals surface area contributed by atoms with Gasteiger partial charge in [-0.25, -0.2) is 0 Å². The molecule has 0 amide bonds. The summed E-state index contributed by atoms with van der Waals surface area (Å²) in [4.78, 5) is 0. The normalized spacial score (nSPS) is 13.3. The molecule has 0 aliphatic carbocycles. The van der Waals surface area contributed by atoms with Crippen molar-refractivity contribution in [2.75, 3.05) is 0 Å². The van der Waals surface area contributed by atoms with Crippen LogP contribution in [0.3, 0.4) is 0 Å². The molecule has 0 unspecified atom stereocenters. The van der Waals surface area contributed by atoms with Crippen LogP contribution in [0.5, 0.6) is 0 Å². The number of benzene rings is 1. The van der Waals surface area contributed by atoms with E-state index in [0.717, 1.165) is 18.4 Å². The van der Waals surface area contributed by atoms with E-state index in [4.69, 9.17) is 11.6 Å². The van der Waals surface area contributed by atoms with Gasteiger partial charge in [-0.1, -0.05) is 61.7 Å². The molecule has 1 atom stereocenters. The molecule has 15 heavy (non-hydrogen) atoms. The average Bonchev–Trinajstić information content (AvgIpc) is 2.25. The predicted octanol–water partition coefficient (Wildman–Crippen LogP) is 4.12. The van der Waals surface area contributed by atoms with Gasteiger partial charge in [0, 0.05) is 10.6 Å². The standard InChI is InChI=1S/C13H17ClO/c1-2-3-4-5-10-13(15)11-8-6-7-9-12(11)14/h5-10,13,15H,2-4H2,1H3/b10-5+/t13-/m1/s1. The summed E-state index contributed by atoms with van der Waals surface area (Å²) in [7, 11) is 0. The van der Waals surface area contributed by atoms with E-state index < -0.39 is 6.10 Å². The molecular weight excluding hydrogens is 208 g/mol. The summed E-state index contributed by atoms with van der Waals surface area (Å²) < 4.78 is 0. The zero-order valence-corrected chi connectivity index (χ0v) is 9.74. The first-order valence-corrected chi connectivity index (χ1v) is 5.72. The van der Waals surface area contributed by atoms with Crippen LogP contribution in [-0.4, -0.2) is 5.11 Å². The van der Waals surface area contributed by atoms with E-state index in [2.05, 4.69) is 6.92 Å².